The highest BCUT2D eigenvalue weighted by Gasteiger charge is 2.56. The van der Waals surface area contributed by atoms with Crippen molar-refractivity contribution in [3.05, 3.63) is 144 Å². The van der Waals surface area contributed by atoms with E-state index in [9.17, 15) is 38.4 Å². The molecule has 20 heteroatoms. The third-order valence-corrected chi connectivity index (χ3v) is 25.3. The number of carbonyl (C=O) groups is 8. The number of rotatable bonds is 30. The van der Waals surface area contributed by atoms with Gasteiger partial charge in [-0.1, -0.05) is 174 Å². The number of esters is 4. The van der Waals surface area contributed by atoms with Crippen molar-refractivity contribution in [3.8, 4) is 0 Å². The zero-order valence-electron chi connectivity index (χ0n) is 70.3. The Morgan fingerprint density at radius 3 is 0.850 bits per heavy atom. The summed E-state index contributed by atoms with van der Waals surface area (Å²) < 4.78 is 42.8. The van der Waals surface area contributed by atoms with Gasteiger partial charge in [0.1, 0.15) is 0 Å². The van der Waals surface area contributed by atoms with Crippen molar-refractivity contribution < 1.29 is 76.3 Å². The molecular weight excluding hydrogens is 1430 g/mol. The average molecular weight is 1560 g/mol. The molecule has 622 valence electrons. The summed E-state index contributed by atoms with van der Waals surface area (Å²) in [6, 6.07) is 42.7. The van der Waals surface area contributed by atoms with E-state index in [1.165, 1.54) is 125 Å². The second kappa shape index (κ2) is 43.0. The summed E-state index contributed by atoms with van der Waals surface area (Å²) in [6.07, 6.45) is 18.8. The Morgan fingerprint density at radius 2 is 0.584 bits per heavy atom. The molecule has 0 N–H and O–H groups in total. The minimum absolute atomic E-state index is 0.143. The van der Waals surface area contributed by atoms with Crippen LogP contribution in [0.25, 0.3) is 0 Å². The van der Waals surface area contributed by atoms with Gasteiger partial charge >= 0.3 is 48.3 Å². The van der Waals surface area contributed by atoms with Gasteiger partial charge in [-0.05, 0) is 208 Å². The van der Waals surface area contributed by atoms with Gasteiger partial charge in [-0.2, -0.15) is 0 Å². The summed E-state index contributed by atoms with van der Waals surface area (Å²) in [4.78, 5) is 106. The highest BCUT2D eigenvalue weighted by atomic mass is 16.7. The van der Waals surface area contributed by atoms with Crippen molar-refractivity contribution in [2.75, 3.05) is 26.2 Å². The maximum absolute atomic E-state index is 13.1. The van der Waals surface area contributed by atoms with Crippen molar-refractivity contribution in [2.45, 2.75) is 311 Å². The second-order valence-corrected chi connectivity index (χ2v) is 33.9. The van der Waals surface area contributed by atoms with E-state index in [2.05, 4.69) is 104 Å². The molecule has 20 atom stereocenters. The number of amides is 4. The van der Waals surface area contributed by atoms with Crippen molar-refractivity contribution in [1.82, 2.24) is 19.6 Å². The fraction of sp³-hybridized carbons (Fsp3) is 0.656. The molecule has 0 heterocycles. The Labute approximate surface area is 674 Å². The molecule has 0 saturated heterocycles. The Balaban J connectivity index is 0.000000174. The minimum Gasteiger partial charge on any atom is -0.426 e. The normalized spacial score (nSPS) is 26.7. The first-order chi connectivity index (χ1) is 54.3. The Bertz CT molecular complexity index is 3640. The van der Waals surface area contributed by atoms with E-state index in [-0.39, 0.29) is 54.3 Å². The monoisotopic (exact) mass is 1560 g/mol. The van der Waals surface area contributed by atoms with Gasteiger partial charge in [-0.15, -0.1) is 0 Å². The van der Waals surface area contributed by atoms with E-state index >= 15 is 0 Å². The van der Waals surface area contributed by atoms with Crippen LogP contribution in [0.3, 0.4) is 0 Å². The molecule has 8 aliphatic carbocycles. The van der Waals surface area contributed by atoms with Gasteiger partial charge in [0.25, 0.3) is 0 Å². The predicted molar refractivity (Wildman–Crippen MR) is 436 cm³/mol. The van der Waals surface area contributed by atoms with E-state index in [1.54, 1.807) is 48.5 Å². The largest absolute Gasteiger partial charge is 0.426 e. The van der Waals surface area contributed by atoms with Gasteiger partial charge < -0.3 is 57.5 Å². The molecule has 113 heavy (non-hydrogen) atoms. The number of unbranched alkanes of at least 4 members (excludes halogenated alkanes) is 6. The van der Waals surface area contributed by atoms with E-state index in [0.29, 0.717) is 116 Å². The molecule has 0 aromatic heterocycles. The number of hydrogen-bond acceptors (Lipinski definition) is 16. The maximum atomic E-state index is 13.1. The van der Waals surface area contributed by atoms with Crippen molar-refractivity contribution in [1.29, 1.82) is 0 Å². The Hall–Kier alpha value is -8.16. The SMILES string of the molecule is CCCC(=O)OC(C)OC(=O)N(CC)C1C2CCC(C2)C1c1ccccc1.CCCCCCCCCC(=O)OC(C)OC(=O)N(CC)C1C2CCC(C2)C1c1ccccc1.CCN(C(=O)OC(C)OC(=O)C(C)(C)C)C1C2CCC(C2)C1c1ccccc1.CCN(C(=O)OC(C)OC(C)=O)C1C2CCC(C2)C1c1ccccc1. The van der Waals surface area contributed by atoms with Crippen LogP contribution in [0, 0.1) is 52.8 Å². The number of nitrogens with zero attached hydrogens (tertiary/aromatic N) is 4. The third kappa shape index (κ3) is 23.6. The molecule has 0 spiro atoms. The molecule has 0 aliphatic heterocycles. The molecule has 8 saturated carbocycles. The zero-order valence-corrected chi connectivity index (χ0v) is 70.3. The van der Waals surface area contributed by atoms with Crippen LogP contribution in [0.2, 0.25) is 0 Å². The summed E-state index contributed by atoms with van der Waals surface area (Å²) in [5.74, 6) is 4.54. The number of benzene rings is 4. The van der Waals surface area contributed by atoms with Gasteiger partial charge in [-0.25, -0.2) is 19.2 Å². The smallest absolute Gasteiger partial charge is 0.413 e. The van der Waals surface area contributed by atoms with E-state index < -0.39 is 48.7 Å². The van der Waals surface area contributed by atoms with E-state index in [4.69, 9.17) is 37.9 Å². The van der Waals surface area contributed by atoms with Crippen LogP contribution < -0.4 is 0 Å². The van der Waals surface area contributed by atoms with Crippen LogP contribution in [-0.4, -0.2) is 143 Å². The number of hydrogen-bond donors (Lipinski definition) is 0. The topological polar surface area (TPSA) is 223 Å². The number of carbonyl (C=O) groups excluding carboxylic acids is 8. The second-order valence-electron chi connectivity index (χ2n) is 33.9. The van der Waals surface area contributed by atoms with Crippen LogP contribution in [0.15, 0.2) is 121 Å². The molecule has 0 radical (unpaired) electrons. The minimum atomic E-state index is -0.901. The lowest BCUT2D eigenvalue weighted by atomic mass is 9.79. The van der Waals surface area contributed by atoms with Gasteiger partial charge in [0, 0.05) is 121 Å². The lowest BCUT2D eigenvalue weighted by Crippen LogP contribution is -2.48. The lowest BCUT2D eigenvalue weighted by Gasteiger charge is -2.39. The van der Waals surface area contributed by atoms with Crippen LogP contribution in [0.1, 0.15) is 284 Å². The average Bonchev–Trinajstić information content (AvgIpc) is 1.63. The molecule has 8 fully saturated rings. The molecule has 4 amide bonds. The first kappa shape index (κ1) is 88.8. The Kier molecular flexibility index (Phi) is 33.8. The summed E-state index contributed by atoms with van der Waals surface area (Å²) >= 11 is 0. The van der Waals surface area contributed by atoms with Gasteiger partial charge in [0.15, 0.2) is 0 Å². The molecular formula is C93H134N4O16. The van der Waals surface area contributed by atoms with Gasteiger partial charge in [0.05, 0.1) is 5.41 Å². The van der Waals surface area contributed by atoms with Gasteiger partial charge in [0.2, 0.25) is 25.2 Å². The lowest BCUT2D eigenvalue weighted by molar-refractivity contribution is -0.176. The first-order valence-electron chi connectivity index (χ1n) is 43.2. The molecule has 20 nitrogen and oxygen atoms in total. The van der Waals surface area contributed by atoms with Crippen LogP contribution in [0.5, 0.6) is 0 Å². The predicted octanol–water partition coefficient (Wildman–Crippen LogP) is 20.7. The van der Waals surface area contributed by atoms with Crippen molar-refractivity contribution >= 4 is 48.3 Å². The van der Waals surface area contributed by atoms with Gasteiger partial charge in [-0.3, -0.25) is 19.2 Å². The molecule has 4 aromatic carbocycles. The summed E-state index contributed by atoms with van der Waals surface area (Å²) in [7, 11) is 0. The Morgan fingerprint density at radius 1 is 0.327 bits per heavy atom. The van der Waals surface area contributed by atoms with Crippen LogP contribution >= 0.6 is 0 Å². The summed E-state index contributed by atoms with van der Waals surface area (Å²) in [5, 5.41) is 0. The quantitative estimate of drug-likeness (QED) is 0.0205. The highest BCUT2D eigenvalue weighted by molar-refractivity contribution is 5.76. The number of fused-ring (bicyclic) bond motifs is 8. The van der Waals surface area contributed by atoms with E-state index in [0.717, 1.165) is 25.7 Å². The molecule has 12 rings (SSSR count). The standard InChI is InChI=1S/C28H43NO4.C23H33NO4.C22H31NO4.C20H27NO4/c1-4-6-7-8-9-10-14-17-25(30)32-21(3)33-28(31)29(5-2)27-24-19-18-23(20-24)26(27)22-15-12-11-13-16-22;1-6-24(22(26)28-15(2)27-21(25)23(3,4)5)20-18-13-12-17(14-18)19(20)16-10-8-7-9-11-16;1-4-9-19(24)26-15(3)27-22(25)23(5-2)21-18-13-12-17(14-18)20(21)16-10-7-6-8-11-16;1-4-21(20(23)25-14(3)24-13(2)22)19-17-11-10-16(12-17)18(19)15-8-6-5-7-9-15/h11-13,15-16,21,23-24,26-27H,4-10,14,17-20H2,1-3H3;7-11,15,17-20H,6,12-14H2,1-5H3;6-8,10-11,15,17-18,20-21H,4-5,9,12-14H2,1-3H3;5-9,14,16-19H,4,10-12H2,1-3H3. The van der Waals surface area contributed by atoms with Crippen LogP contribution in [-0.2, 0) is 57.1 Å². The fourth-order valence-electron chi connectivity index (χ4n) is 20.7. The highest BCUT2D eigenvalue weighted by Crippen LogP contribution is 2.59. The van der Waals surface area contributed by atoms with Crippen molar-refractivity contribution in [3.63, 3.8) is 0 Å². The maximum Gasteiger partial charge on any atom is 0.413 e. The molecule has 8 aliphatic rings. The molecule has 4 aromatic rings. The molecule has 8 bridgehead atoms. The zero-order chi connectivity index (χ0) is 81.5. The van der Waals surface area contributed by atoms with Crippen molar-refractivity contribution in [2.24, 2.45) is 52.8 Å². The first-order valence-corrected chi connectivity index (χ1v) is 43.2. The van der Waals surface area contributed by atoms with E-state index in [1.807, 2.05) is 78.5 Å². The third-order valence-electron chi connectivity index (χ3n) is 25.3. The van der Waals surface area contributed by atoms with Crippen LogP contribution in [0.4, 0.5) is 19.2 Å². The number of likely N-dealkylation sites (N-methyl/N-ethyl adjacent to an activating group) is 4. The number of ether oxygens (including phenoxy) is 8. The summed E-state index contributed by atoms with van der Waals surface area (Å²) in [5.41, 5.74) is 4.60. The fourth-order valence-corrected chi connectivity index (χ4v) is 20.7. The summed E-state index contributed by atoms with van der Waals surface area (Å²) in [6.45, 7) is 27.5. The molecule has 20 unspecified atom stereocenters.